The number of hydrogen-bond donors (Lipinski definition) is 1. The molecule has 1 aromatic carbocycles. The van der Waals surface area contributed by atoms with Gasteiger partial charge in [0, 0.05) is 19.8 Å². The molecule has 2 aromatic rings. The maximum atomic E-state index is 13.4. The van der Waals surface area contributed by atoms with E-state index >= 15 is 0 Å². The Morgan fingerprint density at radius 2 is 2.19 bits per heavy atom. The van der Waals surface area contributed by atoms with Crippen molar-refractivity contribution in [3.63, 3.8) is 0 Å². The second-order valence-electron chi connectivity index (χ2n) is 4.55. The first-order valence-corrected chi connectivity index (χ1v) is 7.86. The van der Waals surface area contributed by atoms with Gasteiger partial charge in [0.25, 0.3) is 10.0 Å². The van der Waals surface area contributed by atoms with Gasteiger partial charge in [0.15, 0.2) is 0 Å². The molecular formula is C13H17FN4O2S. The monoisotopic (exact) mass is 312 g/mol. The smallest absolute Gasteiger partial charge is 0.267 e. The summed E-state index contributed by atoms with van der Waals surface area (Å²) in [5.74, 6) is -0.494. The molecule has 0 amide bonds. The first-order valence-electron chi connectivity index (χ1n) is 6.42. The Kier molecular flexibility index (Phi) is 4.59. The predicted molar refractivity (Wildman–Crippen MR) is 77.8 cm³/mol. The molecule has 0 saturated heterocycles. The molecule has 114 valence electrons. The number of anilines is 1. The molecule has 0 saturated carbocycles. The van der Waals surface area contributed by atoms with Gasteiger partial charge in [-0.3, -0.25) is 8.99 Å². The van der Waals surface area contributed by atoms with Crippen molar-refractivity contribution in [3.05, 3.63) is 42.5 Å². The van der Waals surface area contributed by atoms with E-state index in [-0.39, 0.29) is 17.1 Å². The first kappa shape index (κ1) is 15.5. The van der Waals surface area contributed by atoms with Gasteiger partial charge in [0.2, 0.25) is 0 Å². The summed E-state index contributed by atoms with van der Waals surface area (Å²) < 4.78 is 41.3. The van der Waals surface area contributed by atoms with Crippen LogP contribution in [0.1, 0.15) is 6.42 Å². The molecule has 0 spiro atoms. The van der Waals surface area contributed by atoms with Crippen LogP contribution in [0.25, 0.3) is 0 Å². The lowest BCUT2D eigenvalue weighted by atomic mass is 10.3. The molecule has 8 heteroatoms. The molecule has 0 unspecified atom stereocenters. The quantitative estimate of drug-likeness (QED) is 0.866. The molecule has 2 rings (SSSR count). The van der Waals surface area contributed by atoms with E-state index in [4.69, 9.17) is 5.73 Å². The normalized spacial score (nSPS) is 11.6. The fourth-order valence-electron chi connectivity index (χ4n) is 1.91. The maximum absolute atomic E-state index is 13.4. The number of rotatable bonds is 6. The van der Waals surface area contributed by atoms with Gasteiger partial charge < -0.3 is 5.73 Å². The largest absolute Gasteiger partial charge is 0.330 e. The number of halogens is 1. The fraction of sp³-hybridized carbons (Fsp3) is 0.308. The highest BCUT2D eigenvalue weighted by molar-refractivity contribution is 7.92. The van der Waals surface area contributed by atoms with Crippen molar-refractivity contribution < 1.29 is 12.8 Å². The van der Waals surface area contributed by atoms with E-state index in [2.05, 4.69) is 5.10 Å². The molecule has 1 heterocycles. The van der Waals surface area contributed by atoms with Crippen LogP contribution in [-0.4, -0.2) is 31.3 Å². The number of aromatic nitrogens is 2. The minimum absolute atomic E-state index is 0.0614. The zero-order valence-corrected chi connectivity index (χ0v) is 12.4. The van der Waals surface area contributed by atoms with Gasteiger partial charge in [-0.15, -0.1) is 0 Å². The Balaban J connectivity index is 2.44. The molecule has 21 heavy (non-hydrogen) atoms. The molecule has 6 nitrogen and oxygen atoms in total. The molecule has 0 bridgehead atoms. The third kappa shape index (κ3) is 3.40. The van der Waals surface area contributed by atoms with Crippen LogP contribution in [-0.2, 0) is 17.1 Å². The van der Waals surface area contributed by atoms with Crippen molar-refractivity contribution in [2.75, 3.05) is 17.4 Å². The average molecular weight is 312 g/mol. The Hall–Kier alpha value is -1.93. The third-order valence-corrected chi connectivity index (χ3v) is 4.71. The maximum Gasteiger partial charge on any atom is 0.267 e. The predicted octanol–water partition coefficient (Wildman–Crippen LogP) is 1.10. The lowest BCUT2D eigenvalue weighted by molar-refractivity contribution is 0.588. The summed E-state index contributed by atoms with van der Waals surface area (Å²) in [5, 5.41) is 3.87. The molecule has 0 radical (unpaired) electrons. The van der Waals surface area contributed by atoms with Crippen LogP contribution in [0.4, 0.5) is 10.1 Å². The summed E-state index contributed by atoms with van der Waals surface area (Å²) in [4.78, 5) is 0.0614. The summed E-state index contributed by atoms with van der Waals surface area (Å²) in [7, 11) is -2.16. The lowest BCUT2D eigenvalue weighted by Crippen LogP contribution is -2.33. The van der Waals surface area contributed by atoms with Crippen molar-refractivity contribution in [1.82, 2.24) is 9.78 Å². The van der Waals surface area contributed by atoms with E-state index in [1.165, 1.54) is 35.3 Å². The average Bonchev–Trinajstić information content (AvgIpc) is 2.86. The number of sulfonamides is 1. The van der Waals surface area contributed by atoms with Crippen LogP contribution < -0.4 is 10.0 Å². The van der Waals surface area contributed by atoms with Crippen molar-refractivity contribution in [2.24, 2.45) is 12.8 Å². The van der Waals surface area contributed by atoms with Gasteiger partial charge in [-0.1, -0.05) is 6.07 Å². The van der Waals surface area contributed by atoms with Gasteiger partial charge in [0.05, 0.1) is 11.9 Å². The third-order valence-electron chi connectivity index (χ3n) is 2.93. The summed E-state index contributed by atoms with van der Waals surface area (Å²) >= 11 is 0. The Bertz CT molecular complexity index is 714. The second-order valence-corrected chi connectivity index (χ2v) is 6.41. The highest BCUT2D eigenvalue weighted by Crippen LogP contribution is 2.24. The van der Waals surface area contributed by atoms with Crippen LogP contribution in [0.5, 0.6) is 0 Å². The molecule has 0 fully saturated rings. The van der Waals surface area contributed by atoms with Crippen molar-refractivity contribution >= 4 is 15.7 Å². The van der Waals surface area contributed by atoms with Crippen LogP contribution in [0.3, 0.4) is 0 Å². The number of hydrogen-bond acceptors (Lipinski definition) is 4. The molecule has 0 aliphatic heterocycles. The fourth-order valence-corrected chi connectivity index (χ4v) is 3.39. The number of nitrogens with two attached hydrogens (primary N) is 1. The molecule has 0 atom stereocenters. The number of nitrogens with zero attached hydrogens (tertiary/aromatic N) is 3. The topological polar surface area (TPSA) is 81.2 Å². The molecule has 1 aromatic heterocycles. The van der Waals surface area contributed by atoms with E-state index in [0.29, 0.717) is 13.0 Å². The Labute approximate surface area is 123 Å². The summed E-state index contributed by atoms with van der Waals surface area (Å²) in [5.41, 5.74) is 5.73. The van der Waals surface area contributed by atoms with Crippen molar-refractivity contribution in [2.45, 2.75) is 11.3 Å². The molecular weight excluding hydrogens is 295 g/mol. The number of aryl methyl sites for hydroxylation is 1. The molecule has 2 N–H and O–H groups in total. The number of benzene rings is 1. The van der Waals surface area contributed by atoms with Gasteiger partial charge in [-0.25, -0.2) is 12.8 Å². The van der Waals surface area contributed by atoms with Crippen molar-refractivity contribution in [3.8, 4) is 0 Å². The van der Waals surface area contributed by atoms with Crippen LogP contribution >= 0.6 is 0 Å². The van der Waals surface area contributed by atoms with Gasteiger partial charge in [0.1, 0.15) is 10.7 Å². The summed E-state index contributed by atoms with van der Waals surface area (Å²) in [6.45, 7) is 0.519. The van der Waals surface area contributed by atoms with E-state index in [9.17, 15) is 12.8 Å². The van der Waals surface area contributed by atoms with E-state index < -0.39 is 15.8 Å². The zero-order valence-electron chi connectivity index (χ0n) is 11.6. The second kappa shape index (κ2) is 6.23. The molecule has 0 aliphatic carbocycles. The summed E-state index contributed by atoms with van der Waals surface area (Å²) in [6, 6.07) is 5.47. The SMILES string of the molecule is Cn1cc(S(=O)(=O)N(CCCN)c2cccc(F)c2)cn1. The van der Waals surface area contributed by atoms with E-state index in [0.717, 1.165) is 4.31 Å². The van der Waals surface area contributed by atoms with E-state index in [1.54, 1.807) is 13.1 Å². The summed E-state index contributed by atoms with van der Waals surface area (Å²) in [6.07, 6.45) is 3.14. The van der Waals surface area contributed by atoms with Crippen molar-refractivity contribution in [1.29, 1.82) is 0 Å². The van der Waals surface area contributed by atoms with Gasteiger partial charge >= 0.3 is 0 Å². The van der Waals surface area contributed by atoms with Gasteiger partial charge in [-0.2, -0.15) is 5.10 Å². The first-order chi connectivity index (χ1) is 9.95. The Morgan fingerprint density at radius 3 is 2.76 bits per heavy atom. The minimum atomic E-state index is -3.79. The lowest BCUT2D eigenvalue weighted by Gasteiger charge is -2.23. The van der Waals surface area contributed by atoms with E-state index in [1.807, 2.05) is 0 Å². The van der Waals surface area contributed by atoms with Crippen LogP contribution in [0.2, 0.25) is 0 Å². The van der Waals surface area contributed by atoms with Crippen LogP contribution in [0, 0.1) is 5.82 Å². The highest BCUT2D eigenvalue weighted by Gasteiger charge is 2.26. The highest BCUT2D eigenvalue weighted by atomic mass is 32.2. The van der Waals surface area contributed by atoms with Gasteiger partial charge in [-0.05, 0) is 31.2 Å². The minimum Gasteiger partial charge on any atom is -0.330 e. The zero-order chi connectivity index (χ0) is 15.5. The standard InChI is InChI=1S/C13H17FN4O2S/c1-17-10-13(9-16-17)21(19,20)18(7-3-6-15)12-5-2-4-11(14)8-12/h2,4-5,8-10H,3,6-7,15H2,1H3. The molecule has 0 aliphatic rings. The Morgan fingerprint density at radius 1 is 1.43 bits per heavy atom. The van der Waals surface area contributed by atoms with Crippen LogP contribution in [0.15, 0.2) is 41.6 Å².